The van der Waals surface area contributed by atoms with Crippen molar-refractivity contribution in [3.05, 3.63) is 91.1 Å². The first-order valence-electron chi connectivity index (χ1n) is 9.67. The Bertz CT molecular complexity index is 1410. The molecule has 0 amide bonds. The Labute approximate surface area is 176 Å². The van der Waals surface area contributed by atoms with Crippen molar-refractivity contribution < 1.29 is 14.3 Å². The fourth-order valence-electron chi connectivity index (χ4n) is 4.48. The summed E-state index contributed by atoms with van der Waals surface area (Å²) in [6.45, 7) is 0. The highest BCUT2D eigenvalue weighted by Gasteiger charge is 2.43. The summed E-state index contributed by atoms with van der Waals surface area (Å²) < 4.78 is 12.4. The number of ether oxygens (including phenoxy) is 2. The van der Waals surface area contributed by atoms with E-state index in [2.05, 4.69) is 10.3 Å². The summed E-state index contributed by atoms with van der Waals surface area (Å²) >= 11 is 0. The van der Waals surface area contributed by atoms with E-state index in [1.807, 2.05) is 12.1 Å². The van der Waals surface area contributed by atoms with Gasteiger partial charge in [-0.15, -0.1) is 0 Å². The predicted molar refractivity (Wildman–Crippen MR) is 115 cm³/mol. The minimum Gasteiger partial charge on any atom is -0.493 e. The van der Waals surface area contributed by atoms with Crippen molar-refractivity contribution in [3.8, 4) is 11.5 Å². The maximum absolute atomic E-state index is 13.5. The number of ketones is 1. The number of methoxy groups -OCH3 is 2. The van der Waals surface area contributed by atoms with E-state index in [1.54, 1.807) is 37.4 Å². The Morgan fingerprint density at radius 2 is 1.68 bits per heavy atom. The molecule has 2 aliphatic rings. The number of allylic oxidation sites excluding steroid dienone is 1. The van der Waals surface area contributed by atoms with Crippen LogP contribution in [0.5, 0.6) is 11.5 Å². The number of fused-ring (bicyclic) bond motifs is 3. The second kappa shape index (κ2) is 6.73. The van der Waals surface area contributed by atoms with Crippen molar-refractivity contribution in [1.29, 1.82) is 0 Å². The number of anilines is 1. The van der Waals surface area contributed by atoms with Gasteiger partial charge in [0.25, 0.3) is 5.56 Å². The van der Waals surface area contributed by atoms with Crippen LogP contribution in [-0.4, -0.2) is 29.6 Å². The van der Waals surface area contributed by atoms with E-state index in [0.29, 0.717) is 39.7 Å². The van der Waals surface area contributed by atoms with Crippen molar-refractivity contribution in [3.63, 3.8) is 0 Å². The average Bonchev–Trinajstić information content (AvgIpc) is 3.07. The molecule has 0 saturated heterocycles. The van der Waals surface area contributed by atoms with Crippen molar-refractivity contribution in [2.24, 2.45) is 7.05 Å². The summed E-state index contributed by atoms with van der Waals surface area (Å²) in [7, 11) is 4.60. The number of hydrogen-bond donors (Lipinski definition) is 2. The van der Waals surface area contributed by atoms with Gasteiger partial charge in [-0.25, -0.2) is 4.79 Å². The van der Waals surface area contributed by atoms with Gasteiger partial charge >= 0.3 is 5.69 Å². The Morgan fingerprint density at radius 3 is 2.39 bits per heavy atom. The number of carbonyl (C=O) groups excluding carboxylic acids is 1. The molecular weight excluding hydrogens is 398 g/mol. The fourth-order valence-corrected chi connectivity index (χ4v) is 4.48. The Morgan fingerprint density at radius 1 is 0.935 bits per heavy atom. The zero-order chi connectivity index (χ0) is 21.9. The maximum atomic E-state index is 13.5. The van der Waals surface area contributed by atoms with Crippen molar-refractivity contribution in [1.82, 2.24) is 9.55 Å². The highest BCUT2D eigenvalue weighted by atomic mass is 16.5. The third kappa shape index (κ3) is 2.51. The second-order valence-corrected chi connectivity index (χ2v) is 7.38. The van der Waals surface area contributed by atoms with E-state index in [0.717, 1.165) is 5.56 Å². The lowest BCUT2D eigenvalue weighted by Gasteiger charge is -2.30. The number of para-hydroxylation sites is 1. The highest BCUT2D eigenvalue weighted by molar-refractivity contribution is 6.23. The maximum Gasteiger partial charge on any atom is 0.329 e. The number of nitrogens with one attached hydrogen (secondary N) is 2. The molecule has 1 aliphatic heterocycles. The molecule has 0 bridgehead atoms. The number of nitrogens with zero attached hydrogens (tertiary/aromatic N) is 1. The molecule has 8 nitrogen and oxygen atoms in total. The van der Waals surface area contributed by atoms with Gasteiger partial charge in [-0.05, 0) is 6.07 Å². The molecule has 3 aromatic rings. The highest BCUT2D eigenvalue weighted by Crippen LogP contribution is 2.50. The molecule has 0 radical (unpaired) electrons. The quantitative estimate of drug-likeness (QED) is 0.678. The first kappa shape index (κ1) is 18.9. The van der Waals surface area contributed by atoms with E-state index in [4.69, 9.17) is 9.47 Å². The van der Waals surface area contributed by atoms with Crippen LogP contribution in [0, 0.1) is 0 Å². The summed E-state index contributed by atoms with van der Waals surface area (Å²) in [6.07, 6.45) is 0. The summed E-state index contributed by atoms with van der Waals surface area (Å²) in [5.74, 6) is 0.309. The molecular formula is C23H19N3O5. The monoisotopic (exact) mass is 417 g/mol. The number of rotatable bonds is 3. The number of H-pyrrole nitrogens is 1. The molecule has 5 rings (SSSR count). The van der Waals surface area contributed by atoms with Gasteiger partial charge in [0.05, 0.1) is 31.4 Å². The van der Waals surface area contributed by atoms with Crippen LogP contribution in [0.4, 0.5) is 5.82 Å². The largest absolute Gasteiger partial charge is 0.493 e. The number of aromatic amines is 1. The first-order valence-corrected chi connectivity index (χ1v) is 9.67. The number of benzene rings is 2. The van der Waals surface area contributed by atoms with Gasteiger partial charge < -0.3 is 14.8 Å². The molecule has 0 spiro atoms. The lowest BCUT2D eigenvalue weighted by molar-refractivity contribution is 0.103. The zero-order valence-corrected chi connectivity index (χ0v) is 17.1. The van der Waals surface area contributed by atoms with E-state index < -0.39 is 17.2 Å². The molecule has 2 aromatic carbocycles. The lowest BCUT2D eigenvalue weighted by atomic mass is 9.81. The Hall–Kier alpha value is -4.07. The standard InChI is InChI=1S/C23H19N3O5/c1-26-21-17(22(28)25-23(26)29)15(13-9-6-10-14(30-2)20(13)31-3)16-18(24-21)11-7-4-5-8-12(11)19(16)27/h4-10,15,24H,1-3H3,(H,25,28,29)/t15-/m1/s1. The molecule has 8 heteroatoms. The Kier molecular flexibility index (Phi) is 4.11. The van der Waals surface area contributed by atoms with Crippen LogP contribution in [-0.2, 0) is 7.05 Å². The van der Waals surface area contributed by atoms with Crippen LogP contribution in [0.25, 0.3) is 5.70 Å². The van der Waals surface area contributed by atoms with Gasteiger partial charge in [0.2, 0.25) is 0 Å². The third-order valence-electron chi connectivity index (χ3n) is 5.88. The fraction of sp³-hybridized carbons (Fsp3) is 0.174. The topological polar surface area (TPSA) is 102 Å². The van der Waals surface area contributed by atoms with Crippen molar-refractivity contribution in [2.75, 3.05) is 19.5 Å². The van der Waals surface area contributed by atoms with E-state index >= 15 is 0 Å². The van der Waals surface area contributed by atoms with Gasteiger partial charge in [0.15, 0.2) is 17.3 Å². The van der Waals surface area contributed by atoms with E-state index in [1.165, 1.54) is 18.8 Å². The third-order valence-corrected chi connectivity index (χ3v) is 5.88. The molecule has 2 N–H and O–H groups in total. The number of hydrogen-bond acceptors (Lipinski definition) is 6. The normalized spacial score (nSPS) is 16.4. The van der Waals surface area contributed by atoms with E-state index in [-0.39, 0.29) is 11.3 Å². The zero-order valence-electron chi connectivity index (χ0n) is 17.1. The summed E-state index contributed by atoms with van der Waals surface area (Å²) in [6, 6.07) is 12.6. The molecule has 2 heterocycles. The van der Waals surface area contributed by atoms with Crippen LogP contribution < -0.4 is 26.0 Å². The number of Topliss-reactive ketones (excluding diaryl/α,β-unsaturated/α-hetero) is 1. The summed E-state index contributed by atoms with van der Waals surface area (Å²) in [5, 5.41) is 3.19. The SMILES string of the molecule is COc1cccc([C@@H]2C3=C(Nc4c2c(=O)[nH]c(=O)n4C)c2ccccc2C3=O)c1OC. The molecule has 1 atom stereocenters. The first-order chi connectivity index (χ1) is 15.0. The van der Waals surface area contributed by atoms with Crippen LogP contribution >= 0.6 is 0 Å². The van der Waals surface area contributed by atoms with Crippen LogP contribution in [0.15, 0.2) is 57.6 Å². The average molecular weight is 417 g/mol. The minimum absolute atomic E-state index is 0.174. The molecule has 31 heavy (non-hydrogen) atoms. The molecule has 1 aliphatic carbocycles. The lowest BCUT2D eigenvalue weighted by Crippen LogP contribution is -2.37. The van der Waals surface area contributed by atoms with Crippen LogP contribution in [0.3, 0.4) is 0 Å². The van der Waals surface area contributed by atoms with Gasteiger partial charge in [0, 0.05) is 29.3 Å². The smallest absolute Gasteiger partial charge is 0.329 e. The predicted octanol–water partition coefficient (Wildman–Crippen LogP) is 2.26. The number of aromatic nitrogens is 2. The minimum atomic E-state index is -0.758. The van der Waals surface area contributed by atoms with Crippen LogP contribution in [0.2, 0.25) is 0 Å². The summed E-state index contributed by atoms with van der Waals surface area (Å²) in [5.41, 5.74) is 2.06. The van der Waals surface area contributed by atoms with E-state index in [9.17, 15) is 14.4 Å². The number of carbonyl (C=O) groups is 1. The second-order valence-electron chi connectivity index (χ2n) is 7.38. The molecule has 0 fully saturated rings. The van der Waals surface area contributed by atoms with Gasteiger partial charge in [-0.3, -0.25) is 19.1 Å². The summed E-state index contributed by atoms with van der Waals surface area (Å²) in [4.78, 5) is 41.2. The van der Waals surface area contributed by atoms with Crippen LogP contribution in [0.1, 0.15) is 33.0 Å². The van der Waals surface area contributed by atoms with Crippen molar-refractivity contribution >= 4 is 17.3 Å². The molecule has 0 saturated carbocycles. The van der Waals surface area contributed by atoms with Gasteiger partial charge in [-0.2, -0.15) is 0 Å². The van der Waals surface area contributed by atoms with Crippen molar-refractivity contribution in [2.45, 2.75) is 5.92 Å². The Balaban J connectivity index is 1.90. The van der Waals surface area contributed by atoms with Gasteiger partial charge in [0.1, 0.15) is 5.82 Å². The molecule has 156 valence electrons. The molecule has 1 aromatic heterocycles. The van der Waals surface area contributed by atoms with Gasteiger partial charge in [-0.1, -0.05) is 36.4 Å². The molecule has 0 unspecified atom stereocenters.